The molecule has 1 aromatic carbocycles. The second kappa shape index (κ2) is 9.09. The first-order valence-electron chi connectivity index (χ1n) is 7.84. The molecule has 0 aliphatic heterocycles. The molecule has 0 bridgehead atoms. The molecule has 0 aliphatic rings. The highest BCUT2D eigenvalue weighted by molar-refractivity contribution is 5.25. The van der Waals surface area contributed by atoms with Crippen molar-refractivity contribution in [3.05, 3.63) is 35.1 Å². The summed E-state index contributed by atoms with van der Waals surface area (Å²) in [5, 5.41) is 3.47. The molecule has 0 saturated heterocycles. The molecular weight excluding hydrogens is 251 g/mol. The molecule has 0 amide bonds. The lowest BCUT2D eigenvalue weighted by molar-refractivity contribution is 0.269. The van der Waals surface area contributed by atoms with E-state index in [1.165, 1.54) is 6.42 Å². The van der Waals surface area contributed by atoms with Crippen LogP contribution in [0, 0.1) is 12.7 Å². The van der Waals surface area contributed by atoms with Gasteiger partial charge in [-0.3, -0.25) is 0 Å². The van der Waals surface area contributed by atoms with Gasteiger partial charge in [0.2, 0.25) is 0 Å². The topological polar surface area (TPSA) is 15.3 Å². The predicted octanol–water partition coefficient (Wildman–Crippen LogP) is 3.91. The first-order valence-corrected chi connectivity index (χ1v) is 7.84. The molecule has 0 saturated carbocycles. The van der Waals surface area contributed by atoms with Crippen molar-refractivity contribution in [2.75, 3.05) is 26.2 Å². The van der Waals surface area contributed by atoms with Gasteiger partial charge in [-0.1, -0.05) is 32.9 Å². The molecule has 1 rings (SSSR count). The van der Waals surface area contributed by atoms with E-state index in [1.54, 1.807) is 13.0 Å². The van der Waals surface area contributed by atoms with Gasteiger partial charge in [0.15, 0.2) is 0 Å². The number of rotatable bonds is 9. The fraction of sp³-hybridized carbons (Fsp3) is 0.647. The Morgan fingerprint density at radius 3 is 2.50 bits per heavy atom. The fourth-order valence-electron chi connectivity index (χ4n) is 2.51. The van der Waals surface area contributed by atoms with E-state index in [9.17, 15) is 4.39 Å². The van der Waals surface area contributed by atoms with Crippen molar-refractivity contribution in [2.45, 2.75) is 46.6 Å². The third-order valence-electron chi connectivity index (χ3n) is 3.77. The Morgan fingerprint density at radius 1 is 1.20 bits per heavy atom. The summed E-state index contributed by atoms with van der Waals surface area (Å²) in [5.41, 5.74) is 1.77. The maximum absolute atomic E-state index is 13.7. The Hall–Kier alpha value is -0.930. The van der Waals surface area contributed by atoms with Crippen LogP contribution in [-0.4, -0.2) is 31.1 Å². The van der Waals surface area contributed by atoms with Crippen LogP contribution in [0.25, 0.3) is 0 Å². The van der Waals surface area contributed by atoms with E-state index < -0.39 is 0 Å². The van der Waals surface area contributed by atoms with Gasteiger partial charge in [-0.05, 0) is 63.1 Å². The zero-order valence-electron chi connectivity index (χ0n) is 13.4. The highest BCUT2D eigenvalue weighted by atomic mass is 19.1. The number of benzene rings is 1. The molecule has 0 radical (unpaired) electrons. The highest BCUT2D eigenvalue weighted by Gasteiger charge is 2.13. The van der Waals surface area contributed by atoms with Crippen LogP contribution < -0.4 is 5.32 Å². The summed E-state index contributed by atoms with van der Waals surface area (Å²) in [7, 11) is 0. The normalized spacial score (nSPS) is 12.9. The second-order valence-electron chi connectivity index (χ2n) is 5.34. The molecule has 1 N–H and O–H groups in total. The van der Waals surface area contributed by atoms with Crippen molar-refractivity contribution in [2.24, 2.45) is 0 Å². The summed E-state index contributed by atoms with van der Waals surface area (Å²) in [5.74, 6) is -0.105. The molecule has 3 heteroatoms. The van der Waals surface area contributed by atoms with E-state index in [-0.39, 0.29) is 11.9 Å². The number of aryl methyl sites for hydroxylation is 1. The Balaban J connectivity index is 2.70. The zero-order chi connectivity index (χ0) is 15.0. The molecule has 20 heavy (non-hydrogen) atoms. The van der Waals surface area contributed by atoms with Crippen LogP contribution >= 0.6 is 0 Å². The molecule has 1 atom stereocenters. The minimum absolute atomic E-state index is 0.105. The van der Waals surface area contributed by atoms with E-state index in [0.717, 1.165) is 38.2 Å². The molecule has 114 valence electrons. The minimum Gasteiger partial charge on any atom is -0.310 e. The molecule has 2 nitrogen and oxygen atoms in total. The first-order chi connectivity index (χ1) is 9.62. The lowest BCUT2D eigenvalue weighted by Crippen LogP contribution is -2.30. The van der Waals surface area contributed by atoms with Crippen LogP contribution in [0.4, 0.5) is 4.39 Å². The standard InChI is InChI=1S/C17H29FN2/c1-5-11-20(7-3)12-10-17(19-6-2)15-9-8-14(4)16(18)13-15/h8-9,13,17,19H,5-7,10-12H2,1-4H3. The van der Waals surface area contributed by atoms with Crippen LogP contribution in [0.5, 0.6) is 0 Å². The van der Waals surface area contributed by atoms with E-state index in [2.05, 4.69) is 31.0 Å². The molecule has 0 spiro atoms. The summed E-state index contributed by atoms with van der Waals surface area (Å²) in [4.78, 5) is 2.45. The molecule has 0 aromatic heterocycles. The highest BCUT2D eigenvalue weighted by Crippen LogP contribution is 2.20. The second-order valence-corrected chi connectivity index (χ2v) is 5.34. The number of hydrogen-bond acceptors (Lipinski definition) is 2. The van der Waals surface area contributed by atoms with Crippen molar-refractivity contribution in [1.29, 1.82) is 0 Å². The van der Waals surface area contributed by atoms with Crippen molar-refractivity contribution >= 4 is 0 Å². The zero-order valence-corrected chi connectivity index (χ0v) is 13.4. The molecule has 0 heterocycles. The van der Waals surface area contributed by atoms with Crippen LogP contribution in [0.3, 0.4) is 0 Å². The van der Waals surface area contributed by atoms with E-state index in [1.807, 2.05) is 12.1 Å². The van der Waals surface area contributed by atoms with Crippen molar-refractivity contribution in [3.63, 3.8) is 0 Å². The SMILES string of the molecule is CCCN(CC)CCC(NCC)c1ccc(C)c(F)c1. The Kier molecular flexibility index (Phi) is 7.78. The minimum atomic E-state index is -0.105. The predicted molar refractivity (Wildman–Crippen MR) is 84.6 cm³/mol. The van der Waals surface area contributed by atoms with Crippen LogP contribution in [0.15, 0.2) is 18.2 Å². The van der Waals surface area contributed by atoms with Crippen LogP contribution in [0.1, 0.15) is 50.8 Å². The summed E-state index contributed by atoms with van der Waals surface area (Å²) in [6.45, 7) is 12.5. The average molecular weight is 280 g/mol. The van der Waals surface area contributed by atoms with Crippen LogP contribution in [0.2, 0.25) is 0 Å². The van der Waals surface area contributed by atoms with Crippen molar-refractivity contribution in [3.8, 4) is 0 Å². The quantitative estimate of drug-likeness (QED) is 0.738. The van der Waals surface area contributed by atoms with Gasteiger partial charge in [-0.2, -0.15) is 0 Å². The molecule has 1 aromatic rings. The van der Waals surface area contributed by atoms with Gasteiger partial charge >= 0.3 is 0 Å². The van der Waals surface area contributed by atoms with Crippen molar-refractivity contribution < 1.29 is 4.39 Å². The van der Waals surface area contributed by atoms with Crippen molar-refractivity contribution in [1.82, 2.24) is 10.2 Å². The van der Waals surface area contributed by atoms with Gasteiger partial charge in [0.1, 0.15) is 5.82 Å². The first kappa shape index (κ1) is 17.1. The van der Waals surface area contributed by atoms with Crippen LogP contribution in [-0.2, 0) is 0 Å². The lowest BCUT2D eigenvalue weighted by Gasteiger charge is -2.24. The lowest BCUT2D eigenvalue weighted by atomic mass is 10.0. The molecule has 0 fully saturated rings. The van der Waals surface area contributed by atoms with Gasteiger partial charge in [-0.15, -0.1) is 0 Å². The summed E-state index contributed by atoms with van der Waals surface area (Å²) in [6.07, 6.45) is 2.20. The smallest absolute Gasteiger partial charge is 0.126 e. The Morgan fingerprint density at radius 2 is 1.95 bits per heavy atom. The third kappa shape index (κ3) is 5.22. The summed E-state index contributed by atoms with van der Waals surface area (Å²) >= 11 is 0. The number of hydrogen-bond donors (Lipinski definition) is 1. The van der Waals surface area contributed by atoms with E-state index in [0.29, 0.717) is 5.56 Å². The average Bonchev–Trinajstić information content (AvgIpc) is 2.45. The fourth-order valence-corrected chi connectivity index (χ4v) is 2.51. The van der Waals surface area contributed by atoms with Gasteiger partial charge in [0.05, 0.1) is 0 Å². The molecule has 0 aliphatic carbocycles. The van der Waals surface area contributed by atoms with Gasteiger partial charge in [0.25, 0.3) is 0 Å². The Bertz CT molecular complexity index is 393. The largest absolute Gasteiger partial charge is 0.310 e. The number of nitrogens with zero attached hydrogens (tertiary/aromatic N) is 1. The third-order valence-corrected chi connectivity index (χ3v) is 3.77. The maximum atomic E-state index is 13.7. The van der Waals surface area contributed by atoms with Gasteiger partial charge < -0.3 is 10.2 Å². The summed E-state index contributed by atoms with van der Waals surface area (Å²) in [6, 6.07) is 5.83. The Labute approximate surface area is 123 Å². The summed E-state index contributed by atoms with van der Waals surface area (Å²) < 4.78 is 13.7. The molecular formula is C17H29FN2. The van der Waals surface area contributed by atoms with E-state index >= 15 is 0 Å². The molecule has 1 unspecified atom stereocenters. The van der Waals surface area contributed by atoms with Gasteiger partial charge in [-0.25, -0.2) is 4.39 Å². The number of halogens is 1. The van der Waals surface area contributed by atoms with Gasteiger partial charge in [0, 0.05) is 6.04 Å². The maximum Gasteiger partial charge on any atom is 0.126 e. The number of nitrogens with one attached hydrogen (secondary N) is 1. The van der Waals surface area contributed by atoms with E-state index in [4.69, 9.17) is 0 Å². The monoisotopic (exact) mass is 280 g/mol.